The predicted octanol–water partition coefficient (Wildman–Crippen LogP) is 1.12. The normalized spacial score (nSPS) is 10.1. The van der Waals surface area contributed by atoms with E-state index in [1.807, 2.05) is 0 Å². The lowest BCUT2D eigenvalue weighted by molar-refractivity contribution is 0.253. The molecule has 0 spiro atoms. The fourth-order valence-electron chi connectivity index (χ4n) is 0.531. The first-order valence-corrected chi connectivity index (χ1v) is 2.57. The highest BCUT2D eigenvalue weighted by Crippen LogP contribution is 2.04. The molecule has 0 atom stereocenters. The zero-order valence-electron chi connectivity index (χ0n) is 4.86. The van der Waals surface area contributed by atoms with Crippen LogP contribution in [0.3, 0.4) is 0 Å². The molecule has 9 heavy (non-hydrogen) atoms. The third-order valence-electron chi connectivity index (χ3n) is 1.04. The SMILES string of the molecule is CCc1[c]nn(F)c1F. The quantitative estimate of drug-likeness (QED) is 0.558. The summed E-state index contributed by atoms with van der Waals surface area (Å²) in [6.45, 7) is 1.70. The van der Waals surface area contributed by atoms with Gasteiger partial charge in [0.15, 0.2) is 0 Å². The number of hydrogen-bond donors (Lipinski definition) is 0. The van der Waals surface area contributed by atoms with Gasteiger partial charge in [0.25, 0.3) is 0 Å². The molecule has 4 heteroatoms. The molecule has 1 aromatic rings. The molecular formula is C5H5F2N2. The van der Waals surface area contributed by atoms with Crippen LogP contribution in [0.15, 0.2) is 0 Å². The van der Waals surface area contributed by atoms with Gasteiger partial charge in [-0.05, 0) is 6.42 Å². The molecule has 0 aliphatic rings. The van der Waals surface area contributed by atoms with E-state index >= 15 is 0 Å². The van der Waals surface area contributed by atoms with Crippen molar-refractivity contribution in [1.82, 2.24) is 10.0 Å². The van der Waals surface area contributed by atoms with Crippen molar-refractivity contribution < 1.29 is 8.87 Å². The molecule has 0 saturated heterocycles. The maximum absolute atomic E-state index is 12.3. The van der Waals surface area contributed by atoms with Crippen LogP contribution in [0.2, 0.25) is 0 Å². The molecule has 1 aromatic heterocycles. The fraction of sp³-hybridized carbons (Fsp3) is 0.400. The lowest BCUT2D eigenvalue weighted by Gasteiger charge is -1.84. The summed E-state index contributed by atoms with van der Waals surface area (Å²) < 4.78 is 24.2. The number of hydrogen-bond acceptors (Lipinski definition) is 1. The van der Waals surface area contributed by atoms with E-state index in [-0.39, 0.29) is 10.5 Å². The van der Waals surface area contributed by atoms with Crippen LogP contribution < -0.4 is 0 Å². The van der Waals surface area contributed by atoms with E-state index in [2.05, 4.69) is 11.3 Å². The van der Waals surface area contributed by atoms with Crippen LogP contribution in [0.1, 0.15) is 12.5 Å². The Morgan fingerprint density at radius 2 is 2.44 bits per heavy atom. The first-order chi connectivity index (χ1) is 4.25. The monoisotopic (exact) mass is 131 g/mol. The smallest absolute Gasteiger partial charge is 0.182 e. The third-order valence-corrected chi connectivity index (χ3v) is 1.04. The van der Waals surface area contributed by atoms with Crippen molar-refractivity contribution in [3.8, 4) is 0 Å². The minimum absolute atomic E-state index is 0.178. The molecule has 1 heterocycles. The van der Waals surface area contributed by atoms with Crippen molar-refractivity contribution in [3.05, 3.63) is 17.7 Å². The Balaban J connectivity index is 3.04. The van der Waals surface area contributed by atoms with E-state index in [9.17, 15) is 8.87 Å². The number of nitrogens with zero attached hydrogens (tertiary/aromatic N) is 2. The number of rotatable bonds is 1. The van der Waals surface area contributed by atoms with Gasteiger partial charge in [-0.1, -0.05) is 16.3 Å². The summed E-state index contributed by atoms with van der Waals surface area (Å²) in [5.41, 5.74) is 0.178. The zero-order valence-corrected chi connectivity index (χ0v) is 4.86. The second-order valence-electron chi connectivity index (χ2n) is 1.59. The van der Waals surface area contributed by atoms with Gasteiger partial charge in [-0.3, -0.25) is 0 Å². The summed E-state index contributed by atoms with van der Waals surface area (Å²) in [6.07, 6.45) is 2.60. The molecule has 0 unspecified atom stereocenters. The fourth-order valence-corrected chi connectivity index (χ4v) is 0.531. The van der Waals surface area contributed by atoms with E-state index in [1.54, 1.807) is 6.92 Å². The average molecular weight is 131 g/mol. The molecule has 1 rings (SSSR count). The third kappa shape index (κ3) is 0.918. The summed E-state index contributed by atoms with van der Waals surface area (Å²) >= 11 is 0. The van der Waals surface area contributed by atoms with Gasteiger partial charge in [-0.2, -0.15) is 4.39 Å². The van der Waals surface area contributed by atoms with Gasteiger partial charge < -0.3 is 0 Å². The van der Waals surface area contributed by atoms with Gasteiger partial charge >= 0.3 is 0 Å². The first-order valence-electron chi connectivity index (χ1n) is 2.57. The highest BCUT2D eigenvalue weighted by Gasteiger charge is 2.06. The van der Waals surface area contributed by atoms with E-state index in [4.69, 9.17) is 0 Å². The van der Waals surface area contributed by atoms with Crippen LogP contribution >= 0.6 is 0 Å². The molecule has 0 aromatic carbocycles. The molecule has 0 aliphatic carbocycles. The van der Waals surface area contributed by atoms with Crippen molar-refractivity contribution in [3.63, 3.8) is 0 Å². The molecule has 1 radical (unpaired) electrons. The Labute approximate surface area is 51.0 Å². The molecule has 2 nitrogen and oxygen atoms in total. The Bertz CT molecular complexity index is 207. The van der Waals surface area contributed by atoms with Crippen LogP contribution in [0.25, 0.3) is 0 Å². The van der Waals surface area contributed by atoms with Crippen LogP contribution in [-0.4, -0.2) is 10.0 Å². The van der Waals surface area contributed by atoms with Crippen LogP contribution in [0.5, 0.6) is 0 Å². The topological polar surface area (TPSA) is 17.8 Å². The summed E-state index contributed by atoms with van der Waals surface area (Å²) in [7, 11) is 0. The summed E-state index contributed by atoms with van der Waals surface area (Å²) in [5, 5.41) is 2.94. The van der Waals surface area contributed by atoms with E-state index < -0.39 is 5.95 Å². The van der Waals surface area contributed by atoms with Crippen molar-refractivity contribution in [2.24, 2.45) is 0 Å². The Morgan fingerprint density at radius 3 is 2.67 bits per heavy atom. The maximum atomic E-state index is 12.3. The number of aromatic nitrogens is 2. The highest BCUT2D eigenvalue weighted by molar-refractivity contribution is 5.03. The van der Waals surface area contributed by atoms with Gasteiger partial charge in [0.1, 0.15) is 6.20 Å². The first kappa shape index (κ1) is 6.19. The molecule has 0 bridgehead atoms. The Hall–Kier alpha value is -0.930. The minimum Gasteiger partial charge on any atom is -0.182 e. The lowest BCUT2D eigenvalue weighted by Crippen LogP contribution is -1.89. The van der Waals surface area contributed by atoms with E-state index in [0.29, 0.717) is 6.42 Å². The van der Waals surface area contributed by atoms with Crippen molar-refractivity contribution in [1.29, 1.82) is 0 Å². The minimum atomic E-state index is -0.947. The van der Waals surface area contributed by atoms with Gasteiger partial charge in [0, 0.05) is 5.56 Å². The van der Waals surface area contributed by atoms with Crippen molar-refractivity contribution in [2.75, 3.05) is 0 Å². The number of aryl methyl sites for hydroxylation is 1. The molecule has 0 saturated carbocycles. The summed E-state index contributed by atoms with van der Waals surface area (Å²) in [5.74, 6) is -0.947. The zero-order chi connectivity index (χ0) is 6.85. The van der Waals surface area contributed by atoms with Gasteiger partial charge in [-0.15, -0.1) is 5.10 Å². The largest absolute Gasteiger partial charge is 0.248 e. The molecule has 0 fully saturated rings. The van der Waals surface area contributed by atoms with Gasteiger partial charge in [-0.25, -0.2) is 0 Å². The van der Waals surface area contributed by atoms with Crippen molar-refractivity contribution in [2.45, 2.75) is 13.3 Å². The Kier molecular flexibility index (Phi) is 1.46. The Morgan fingerprint density at radius 1 is 1.78 bits per heavy atom. The summed E-state index contributed by atoms with van der Waals surface area (Å²) in [4.78, 5) is -0.321. The van der Waals surface area contributed by atoms with E-state index in [0.717, 1.165) is 0 Å². The van der Waals surface area contributed by atoms with Gasteiger partial charge in [0.05, 0.1) is 0 Å². The second-order valence-corrected chi connectivity index (χ2v) is 1.59. The average Bonchev–Trinajstić information content (AvgIpc) is 2.15. The standard InChI is InChI=1S/C5H5F2N2/c1-2-4-3-8-9(7)5(4)6/h2H2,1H3. The highest BCUT2D eigenvalue weighted by atomic mass is 19.2. The van der Waals surface area contributed by atoms with Gasteiger partial charge in [0.2, 0.25) is 5.95 Å². The van der Waals surface area contributed by atoms with Crippen LogP contribution in [0, 0.1) is 12.1 Å². The second kappa shape index (κ2) is 2.13. The van der Waals surface area contributed by atoms with Crippen molar-refractivity contribution >= 4 is 0 Å². The number of halogens is 2. The lowest BCUT2D eigenvalue weighted by atomic mass is 10.3. The predicted molar refractivity (Wildman–Crippen MR) is 26.9 cm³/mol. The van der Waals surface area contributed by atoms with E-state index in [1.165, 1.54) is 0 Å². The molecule has 0 aliphatic heterocycles. The summed E-state index contributed by atoms with van der Waals surface area (Å²) in [6, 6.07) is 0. The van der Waals surface area contributed by atoms with Crippen LogP contribution in [-0.2, 0) is 6.42 Å². The van der Waals surface area contributed by atoms with Crippen LogP contribution in [0.4, 0.5) is 8.87 Å². The molecule has 0 amide bonds. The molecule has 49 valence electrons. The molecular weight excluding hydrogens is 126 g/mol. The maximum Gasteiger partial charge on any atom is 0.248 e. The molecule has 0 N–H and O–H groups in total.